The molecule has 5 rings (SSSR count). The number of nitrogens with one attached hydrogen (secondary N) is 2. The molecule has 3 aromatic carbocycles. The molecule has 38 heavy (non-hydrogen) atoms. The summed E-state index contributed by atoms with van der Waals surface area (Å²) in [4.78, 5) is 39.2. The van der Waals surface area contributed by atoms with Gasteiger partial charge in [-0.05, 0) is 60.1 Å². The van der Waals surface area contributed by atoms with Crippen LogP contribution in [-0.4, -0.2) is 25.5 Å². The third-order valence-corrected chi connectivity index (χ3v) is 9.07. The first kappa shape index (κ1) is 26.5. The number of hydrogen-bond acceptors (Lipinski definition) is 6. The van der Waals surface area contributed by atoms with E-state index in [1.807, 2.05) is 31.2 Å². The molecule has 0 spiro atoms. The second-order valence-corrected chi connectivity index (χ2v) is 12.2. The Bertz CT molecular complexity index is 1650. The molecule has 194 valence electrons. The minimum absolute atomic E-state index is 0.0380. The third kappa shape index (κ3) is 5.10. The number of fused-ring (bicyclic) bond motifs is 1. The first-order chi connectivity index (χ1) is 18.0. The van der Waals surface area contributed by atoms with E-state index < -0.39 is 27.1 Å². The summed E-state index contributed by atoms with van der Waals surface area (Å²) in [6.07, 6.45) is 0. The SMILES string of the molecule is Cc1ccc(CNS(=O)(=O)c2ccc3c(c2)C(=C2SC(=O)NC2=O)C(=O)N3Cc2ccc(Cl)c(Cl)c2)cc1. The van der Waals surface area contributed by atoms with Gasteiger partial charge in [0, 0.05) is 12.1 Å². The Morgan fingerprint density at radius 2 is 1.63 bits per heavy atom. The average molecular weight is 588 g/mol. The van der Waals surface area contributed by atoms with Crippen molar-refractivity contribution in [2.45, 2.75) is 24.9 Å². The number of rotatable bonds is 6. The number of amides is 3. The molecule has 1 fully saturated rings. The van der Waals surface area contributed by atoms with E-state index >= 15 is 0 Å². The predicted molar refractivity (Wildman–Crippen MR) is 147 cm³/mol. The largest absolute Gasteiger partial charge is 0.303 e. The van der Waals surface area contributed by atoms with E-state index in [9.17, 15) is 22.8 Å². The number of benzene rings is 3. The number of thioether (sulfide) groups is 1. The van der Waals surface area contributed by atoms with Crippen LogP contribution in [-0.2, 0) is 32.7 Å². The molecule has 3 aromatic rings. The fourth-order valence-electron chi connectivity index (χ4n) is 4.12. The van der Waals surface area contributed by atoms with E-state index in [0.717, 1.165) is 11.1 Å². The molecule has 2 aliphatic heterocycles. The van der Waals surface area contributed by atoms with Gasteiger partial charge in [-0.1, -0.05) is 59.1 Å². The van der Waals surface area contributed by atoms with Gasteiger partial charge in [0.1, 0.15) is 0 Å². The van der Waals surface area contributed by atoms with Crippen molar-refractivity contribution in [1.29, 1.82) is 0 Å². The van der Waals surface area contributed by atoms with Crippen LogP contribution < -0.4 is 14.9 Å². The van der Waals surface area contributed by atoms with Crippen LogP contribution >= 0.6 is 35.0 Å². The van der Waals surface area contributed by atoms with Gasteiger partial charge >= 0.3 is 0 Å². The van der Waals surface area contributed by atoms with Crippen molar-refractivity contribution < 1.29 is 22.8 Å². The maximum Gasteiger partial charge on any atom is 0.290 e. The molecule has 0 aliphatic carbocycles. The first-order valence-corrected chi connectivity index (χ1v) is 14.3. The lowest BCUT2D eigenvalue weighted by Crippen LogP contribution is -2.26. The smallest absolute Gasteiger partial charge is 0.290 e. The topological polar surface area (TPSA) is 113 Å². The number of hydrogen-bond donors (Lipinski definition) is 2. The van der Waals surface area contributed by atoms with E-state index in [1.54, 1.807) is 18.2 Å². The van der Waals surface area contributed by atoms with Crippen molar-refractivity contribution in [3.05, 3.63) is 97.9 Å². The van der Waals surface area contributed by atoms with E-state index in [0.29, 0.717) is 33.1 Å². The van der Waals surface area contributed by atoms with Crippen LogP contribution in [0.3, 0.4) is 0 Å². The van der Waals surface area contributed by atoms with Gasteiger partial charge in [0.05, 0.1) is 37.7 Å². The number of halogens is 2. The van der Waals surface area contributed by atoms with Gasteiger partial charge in [-0.25, -0.2) is 13.1 Å². The number of aryl methyl sites for hydroxylation is 1. The van der Waals surface area contributed by atoms with Crippen LogP contribution in [0.25, 0.3) is 5.57 Å². The zero-order valence-electron chi connectivity index (χ0n) is 19.7. The summed E-state index contributed by atoms with van der Waals surface area (Å²) in [5, 5.41) is 2.21. The van der Waals surface area contributed by atoms with Gasteiger partial charge in [-0.3, -0.25) is 19.7 Å². The molecule has 0 saturated carbocycles. The molecule has 0 atom stereocenters. The van der Waals surface area contributed by atoms with Crippen LogP contribution in [0, 0.1) is 6.92 Å². The third-order valence-electron chi connectivity index (χ3n) is 6.05. The molecule has 0 bridgehead atoms. The fourth-order valence-corrected chi connectivity index (χ4v) is 6.26. The highest BCUT2D eigenvalue weighted by atomic mass is 35.5. The predicted octanol–water partition coefficient (Wildman–Crippen LogP) is 5.02. The molecule has 8 nitrogen and oxygen atoms in total. The summed E-state index contributed by atoms with van der Waals surface area (Å²) in [7, 11) is -3.97. The maximum atomic E-state index is 13.6. The van der Waals surface area contributed by atoms with Gasteiger partial charge in [0.25, 0.3) is 17.1 Å². The number of sulfonamides is 1. The van der Waals surface area contributed by atoms with Crippen molar-refractivity contribution in [1.82, 2.24) is 10.0 Å². The van der Waals surface area contributed by atoms with Crippen molar-refractivity contribution in [3.8, 4) is 0 Å². The molecule has 12 heteroatoms. The fraction of sp³-hybridized carbons (Fsp3) is 0.115. The lowest BCUT2D eigenvalue weighted by molar-refractivity contribution is -0.116. The van der Waals surface area contributed by atoms with Crippen molar-refractivity contribution in [2.24, 2.45) is 0 Å². The average Bonchev–Trinajstić information content (AvgIpc) is 3.34. The molecule has 3 amide bonds. The summed E-state index contributed by atoms with van der Waals surface area (Å²) in [6, 6.07) is 16.6. The van der Waals surface area contributed by atoms with E-state index in [2.05, 4.69) is 10.0 Å². The molecular weight excluding hydrogens is 569 g/mol. The van der Waals surface area contributed by atoms with Crippen LogP contribution in [0.1, 0.15) is 22.3 Å². The summed E-state index contributed by atoms with van der Waals surface area (Å²) in [5.41, 5.74) is 3.10. The second kappa shape index (κ2) is 10.2. The Morgan fingerprint density at radius 1 is 0.921 bits per heavy atom. The zero-order chi connectivity index (χ0) is 27.2. The molecule has 2 aliphatic rings. The van der Waals surface area contributed by atoms with Gasteiger partial charge in [0.15, 0.2) is 0 Å². The van der Waals surface area contributed by atoms with E-state index in [1.165, 1.54) is 23.1 Å². The molecule has 1 saturated heterocycles. The highest BCUT2D eigenvalue weighted by Gasteiger charge is 2.40. The zero-order valence-corrected chi connectivity index (χ0v) is 22.9. The monoisotopic (exact) mass is 587 g/mol. The molecule has 2 heterocycles. The maximum absolute atomic E-state index is 13.6. The molecule has 0 radical (unpaired) electrons. The van der Waals surface area contributed by atoms with Crippen LogP contribution in [0.5, 0.6) is 0 Å². The Balaban J connectivity index is 1.54. The van der Waals surface area contributed by atoms with Crippen LogP contribution in [0.2, 0.25) is 10.0 Å². The molecule has 2 N–H and O–H groups in total. The lowest BCUT2D eigenvalue weighted by atomic mass is 10.1. The molecule has 0 aromatic heterocycles. The summed E-state index contributed by atoms with van der Waals surface area (Å²) < 4.78 is 28.9. The van der Waals surface area contributed by atoms with E-state index in [4.69, 9.17) is 23.2 Å². The minimum atomic E-state index is -3.97. The number of carbonyl (C=O) groups excluding carboxylic acids is 3. The van der Waals surface area contributed by atoms with Gasteiger partial charge < -0.3 is 4.90 Å². The first-order valence-electron chi connectivity index (χ1n) is 11.3. The highest BCUT2D eigenvalue weighted by Crippen LogP contribution is 2.44. The van der Waals surface area contributed by atoms with Crippen molar-refractivity contribution >= 4 is 73.3 Å². The van der Waals surface area contributed by atoms with Gasteiger partial charge in [-0.15, -0.1) is 0 Å². The Labute approximate surface area is 233 Å². The van der Waals surface area contributed by atoms with Gasteiger partial charge in [0.2, 0.25) is 10.0 Å². The van der Waals surface area contributed by atoms with Gasteiger partial charge in [-0.2, -0.15) is 0 Å². The minimum Gasteiger partial charge on any atom is -0.303 e. The van der Waals surface area contributed by atoms with Crippen molar-refractivity contribution in [2.75, 3.05) is 4.90 Å². The second-order valence-electron chi connectivity index (χ2n) is 8.68. The number of carbonyl (C=O) groups is 3. The van der Waals surface area contributed by atoms with Crippen LogP contribution in [0.15, 0.2) is 70.5 Å². The molecule has 0 unspecified atom stereocenters. The number of imide groups is 1. The normalized spacial score (nSPS) is 17.2. The highest BCUT2D eigenvalue weighted by molar-refractivity contribution is 8.18. The summed E-state index contributed by atoms with van der Waals surface area (Å²) >= 11 is 12.8. The standard InChI is InChI=1S/C26H19Cl2N3O5S2/c1-14-2-4-15(5-3-14)12-29-38(35,36)17-7-9-21-18(11-17)22(23-24(32)30-26(34)37-23)25(33)31(21)13-16-6-8-19(27)20(28)10-16/h2-11,29H,12-13H2,1H3,(H,30,32,34). The Hall–Kier alpha value is -3.15. The Kier molecular flexibility index (Phi) is 7.10. The summed E-state index contributed by atoms with van der Waals surface area (Å²) in [5.74, 6) is -1.25. The van der Waals surface area contributed by atoms with E-state index in [-0.39, 0.29) is 34.0 Å². The number of anilines is 1. The summed E-state index contributed by atoms with van der Waals surface area (Å²) in [6.45, 7) is 2.09. The quantitative estimate of drug-likeness (QED) is 0.391. The Morgan fingerprint density at radius 3 is 2.29 bits per heavy atom. The number of nitrogens with zero attached hydrogens (tertiary/aromatic N) is 1. The molecular formula is C26H19Cl2N3O5S2. The lowest BCUT2D eigenvalue weighted by Gasteiger charge is -2.18. The van der Waals surface area contributed by atoms with Crippen LogP contribution in [0.4, 0.5) is 10.5 Å². The van der Waals surface area contributed by atoms with Crippen molar-refractivity contribution in [3.63, 3.8) is 0 Å².